The third-order valence-electron chi connectivity index (χ3n) is 3.07. The molecule has 0 aliphatic carbocycles. The minimum absolute atomic E-state index is 0.345. The van der Waals surface area contributed by atoms with Gasteiger partial charge < -0.3 is 25.2 Å². The Bertz CT molecular complexity index is 490. The molecule has 1 heterocycles. The first-order chi connectivity index (χ1) is 9.04. The van der Waals surface area contributed by atoms with Crippen molar-refractivity contribution in [3.8, 4) is 11.5 Å². The van der Waals surface area contributed by atoms with Gasteiger partial charge in [-0.15, -0.1) is 0 Å². The molecule has 6 heteroatoms. The van der Waals surface area contributed by atoms with Crippen molar-refractivity contribution in [1.29, 1.82) is 0 Å². The maximum absolute atomic E-state index is 12.0. The SMILES string of the molecule is Cc1cc2c(cc1N(C)C(=O)C(N)CO)OCCO2. The Kier molecular flexibility index (Phi) is 3.92. The highest BCUT2D eigenvalue weighted by Crippen LogP contribution is 2.36. The number of nitrogens with two attached hydrogens (primary N) is 1. The van der Waals surface area contributed by atoms with Crippen molar-refractivity contribution in [2.24, 2.45) is 5.73 Å². The average Bonchev–Trinajstić information content (AvgIpc) is 2.44. The fraction of sp³-hybridized carbons (Fsp3) is 0.462. The molecule has 1 aromatic rings. The minimum Gasteiger partial charge on any atom is -0.486 e. The Balaban J connectivity index is 2.31. The number of nitrogens with zero attached hydrogens (tertiary/aromatic N) is 1. The topological polar surface area (TPSA) is 85.0 Å². The van der Waals surface area contributed by atoms with Crippen LogP contribution in [0.2, 0.25) is 0 Å². The van der Waals surface area contributed by atoms with Gasteiger partial charge in [0.25, 0.3) is 0 Å². The van der Waals surface area contributed by atoms with E-state index in [9.17, 15) is 4.79 Å². The van der Waals surface area contributed by atoms with E-state index < -0.39 is 6.04 Å². The lowest BCUT2D eigenvalue weighted by atomic mass is 10.1. The van der Waals surface area contributed by atoms with Crippen LogP contribution in [0.25, 0.3) is 0 Å². The van der Waals surface area contributed by atoms with Gasteiger partial charge in [0.1, 0.15) is 19.3 Å². The van der Waals surface area contributed by atoms with Crippen LogP contribution in [-0.4, -0.2) is 43.9 Å². The van der Waals surface area contributed by atoms with Crippen molar-refractivity contribution < 1.29 is 19.4 Å². The van der Waals surface area contributed by atoms with Crippen LogP contribution in [0.1, 0.15) is 5.56 Å². The lowest BCUT2D eigenvalue weighted by Gasteiger charge is -2.25. The Morgan fingerprint density at radius 3 is 2.58 bits per heavy atom. The zero-order chi connectivity index (χ0) is 14.0. The first kappa shape index (κ1) is 13.6. The van der Waals surface area contributed by atoms with Gasteiger partial charge in [-0.1, -0.05) is 0 Å². The van der Waals surface area contributed by atoms with E-state index in [0.29, 0.717) is 30.4 Å². The number of likely N-dealkylation sites (N-methyl/N-ethyl adjacent to an activating group) is 1. The van der Waals surface area contributed by atoms with E-state index >= 15 is 0 Å². The quantitative estimate of drug-likeness (QED) is 0.807. The first-order valence-corrected chi connectivity index (χ1v) is 6.09. The Labute approximate surface area is 111 Å². The van der Waals surface area contributed by atoms with Gasteiger partial charge in [-0.3, -0.25) is 4.79 Å². The summed E-state index contributed by atoms with van der Waals surface area (Å²) < 4.78 is 11.0. The van der Waals surface area contributed by atoms with Crippen molar-refractivity contribution in [3.05, 3.63) is 17.7 Å². The lowest BCUT2D eigenvalue weighted by Crippen LogP contribution is -2.44. The highest BCUT2D eigenvalue weighted by molar-refractivity contribution is 5.97. The maximum atomic E-state index is 12.0. The van der Waals surface area contributed by atoms with E-state index in [1.165, 1.54) is 4.90 Å². The third kappa shape index (κ3) is 2.64. The van der Waals surface area contributed by atoms with Crippen LogP contribution in [-0.2, 0) is 4.79 Å². The summed E-state index contributed by atoms with van der Waals surface area (Å²) in [6.45, 7) is 2.51. The second-order valence-corrected chi connectivity index (χ2v) is 4.47. The number of aryl methyl sites for hydroxylation is 1. The van der Waals surface area contributed by atoms with Crippen molar-refractivity contribution in [3.63, 3.8) is 0 Å². The summed E-state index contributed by atoms with van der Waals surface area (Å²) in [6, 6.07) is 2.67. The molecule has 104 valence electrons. The number of ether oxygens (including phenoxy) is 2. The molecule has 1 aliphatic heterocycles. The number of anilines is 1. The number of carbonyl (C=O) groups excluding carboxylic acids is 1. The number of aliphatic hydroxyl groups is 1. The van der Waals surface area contributed by atoms with E-state index in [1.807, 2.05) is 13.0 Å². The standard InChI is InChI=1S/C13H18N2O4/c1-8-5-11-12(19-4-3-18-11)6-10(8)15(2)13(17)9(14)7-16/h5-6,9,16H,3-4,7,14H2,1-2H3. The van der Waals surface area contributed by atoms with E-state index in [1.54, 1.807) is 13.1 Å². The number of hydrogen-bond donors (Lipinski definition) is 2. The largest absolute Gasteiger partial charge is 0.486 e. The highest BCUT2D eigenvalue weighted by Gasteiger charge is 2.22. The second-order valence-electron chi connectivity index (χ2n) is 4.47. The number of rotatable bonds is 3. The van der Waals surface area contributed by atoms with Crippen LogP contribution in [0.15, 0.2) is 12.1 Å². The van der Waals surface area contributed by atoms with Gasteiger partial charge in [0.05, 0.1) is 12.3 Å². The number of fused-ring (bicyclic) bond motifs is 1. The average molecular weight is 266 g/mol. The molecule has 0 aromatic heterocycles. The summed E-state index contributed by atoms with van der Waals surface area (Å²) >= 11 is 0. The minimum atomic E-state index is -0.919. The molecule has 0 saturated heterocycles. The second kappa shape index (κ2) is 5.46. The number of carbonyl (C=O) groups is 1. The molecule has 2 rings (SSSR count). The van der Waals surface area contributed by atoms with Crippen LogP contribution in [0.5, 0.6) is 11.5 Å². The van der Waals surface area contributed by atoms with Crippen LogP contribution in [0.3, 0.4) is 0 Å². The predicted molar refractivity (Wildman–Crippen MR) is 70.6 cm³/mol. The van der Waals surface area contributed by atoms with Gasteiger partial charge in [-0.05, 0) is 18.6 Å². The molecule has 6 nitrogen and oxygen atoms in total. The van der Waals surface area contributed by atoms with Gasteiger partial charge in [0.2, 0.25) is 5.91 Å². The molecular formula is C13H18N2O4. The fourth-order valence-corrected chi connectivity index (χ4v) is 1.99. The van der Waals surface area contributed by atoms with Gasteiger partial charge in [0.15, 0.2) is 11.5 Å². The van der Waals surface area contributed by atoms with E-state index in [2.05, 4.69) is 0 Å². The summed E-state index contributed by atoms with van der Waals surface area (Å²) in [5.41, 5.74) is 7.12. The van der Waals surface area contributed by atoms with Crippen molar-refractivity contribution in [2.45, 2.75) is 13.0 Å². The zero-order valence-corrected chi connectivity index (χ0v) is 11.0. The molecule has 1 aromatic carbocycles. The molecule has 1 atom stereocenters. The molecular weight excluding hydrogens is 248 g/mol. The summed E-state index contributed by atoms with van der Waals surface area (Å²) in [5.74, 6) is 0.950. The normalized spacial score (nSPS) is 14.9. The summed E-state index contributed by atoms with van der Waals surface area (Å²) in [5, 5.41) is 8.95. The van der Waals surface area contributed by atoms with Gasteiger partial charge >= 0.3 is 0 Å². The number of amides is 1. The van der Waals surface area contributed by atoms with Crippen molar-refractivity contribution in [2.75, 3.05) is 31.8 Å². The Morgan fingerprint density at radius 2 is 2.00 bits per heavy atom. The zero-order valence-electron chi connectivity index (χ0n) is 11.0. The Hall–Kier alpha value is -1.79. The number of hydrogen-bond acceptors (Lipinski definition) is 5. The fourth-order valence-electron chi connectivity index (χ4n) is 1.99. The molecule has 0 spiro atoms. The van der Waals surface area contributed by atoms with E-state index in [0.717, 1.165) is 5.56 Å². The molecule has 0 radical (unpaired) electrons. The molecule has 0 fully saturated rings. The molecule has 19 heavy (non-hydrogen) atoms. The van der Waals surface area contributed by atoms with Gasteiger partial charge in [-0.2, -0.15) is 0 Å². The lowest BCUT2D eigenvalue weighted by molar-refractivity contribution is -0.120. The van der Waals surface area contributed by atoms with Crippen LogP contribution in [0.4, 0.5) is 5.69 Å². The predicted octanol–water partition coefficient (Wildman–Crippen LogP) is 0.0486. The molecule has 0 saturated carbocycles. The molecule has 3 N–H and O–H groups in total. The first-order valence-electron chi connectivity index (χ1n) is 6.09. The monoisotopic (exact) mass is 266 g/mol. The van der Waals surface area contributed by atoms with Crippen LogP contribution < -0.4 is 20.1 Å². The van der Waals surface area contributed by atoms with Crippen LogP contribution >= 0.6 is 0 Å². The summed E-state index contributed by atoms with van der Waals surface area (Å²) in [7, 11) is 1.62. The summed E-state index contributed by atoms with van der Waals surface area (Å²) in [4.78, 5) is 13.4. The highest BCUT2D eigenvalue weighted by atomic mass is 16.6. The van der Waals surface area contributed by atoms with Gasteiger partial charge in [0, 0.05) is 13.1 Å². The van der Waals surface area contributed by atoms with E-state index in [4.69, 9.17) is 20.3 Å². The smallest absolute Gasteiger partial charge is 0.246 e. The maximum Gasteiger partial charge on any atom is 0.246 e. The Morgan fingerprint density at radius 1 is 1.42 bits per heavy atom. The van der Waals surface area contributed by atoms with Crippen LogP contribution in [0, 0.1) is 6.92 Å². The third-order valence-corrected chi connectivity index (χ3v) is 3.07. The molecule has 0 bridgehead atoms. The number of benzene rings is 1. The van der Waals surface area contributed by atoms with Crippen molar-refractivity contribution in [1.82, 2.24) is 0 Å². The van der Waals surface area contributed by atoms with Crippen molar-refractivity contribution >= 4 is 11.6 Å². The molecule has 1 unspecified atom stereocenters. The van der Waals surface area contributed by atoms with E-state index in [-0.39, 0.29) is 12.5 Å². The summed E-state index contributed by atoms with van der Waals surface area (Å²) in [6.07, 6.45) is 0. The molecule has 1 aliphatic rings. The van der Waals surface area contributed by atoms with Gasteiger partial charge in [-0.25, -0.2) is 0 Å². The number of aliphatic hydroxyl groups excluding tert-OH is 1. The molecule has 1 amide bonds.